The van der Waals surface area contributed by atoms with Crippen LogP contribution in [-0.4, -0.2) is 19.0 Å². The van der Waals surface area contributed by atoms with Gasteiger partial charge in [-0.2, -0.15) is 0 Å². The Morgan fingerprint density at radius 1 is 0.700 bits per heavy atom. The molecule has 0 bridgehead atoms. The minimum absolute atomic E-state index is 0.134. The quantitative estimate of drug-likeness (QED) is 0.340. The highest BCUT2D eigenvalue weighted by Gasteiger charge is 2.35. The Bertz CT molecular complexity index is 782. The van der Waals surface area contributed by atoms with E-state index in [0.717, 1.165) is 19.3 Å². The van der Waals surface area contributed by atoms with Gasteiger partial charge < -0.3 is 5.32 Å². The molecule has 0 aromatic heterocycles. The summed E-state index contributed by atoms with van der Waals surface area (Å²) in [5.74, 6) is 0.134. The van der Waals surface area contributed by atoms with Crippen molar-refractivity contribution in [3.8, 4) is 0 Å². The second-order valence-electron chi connectivity index (χ2n) is 7.58. The molecule has 3 heteroatoms. The third-order valence-electron chi connectivity index (χ3n) is 5.47. The molecule has 0 saturated heterocycles. The highest BCUT2D eigenvalue weighted by atomic mass is 16.1. The summed E-state index contributed by atoms with van der Waals surface area (Å²) < 4.78 is 0. The predicted molar refractivity (Wildman–Crippen MR) is 124 cm³/mol. The van der Waals surface area contributed by atoms with E-state index in [2.05, 4.69) is 90.4 Å². The second-order valence-corrected chi connectivity index (χ2v) is 7.58. The van der Waals surface area contributed by atoms with Crippen molar-refractivity contribution < 1.29 is 4.79 Å². The van der Waals surface area contributed by atoms with E-state index in [1.54, 1.807) is 0 Å². The molecule has 156 valence electrons. The van der Waals surface area contributed by atoms with E-state index < -0.39 is 5.54 Å². The van der Waals surface area contributed by atoms with E-state index in [-0.39, 0.29) is 5.91 Å². The summed E-state index contributed by atoms with van der Waals surface area (Å²) >= 11 is 0. The van der Waals surface area contributed by atoms with E-state index in [0.29, 0.717) is 19.5 Å². The Kier molecular flexibility index (Phi) is 8.22. The molecule has 0 atom stereocenters. The molecule has 0 radical (unpaired) electrons. The average Bonchev–Trinajstić information content (AvgIpc) is 2.81. The Morgan fingerprint density at radius 2 is 1.17 bits per heavy atom. The van der Waals surface area contributed by atoms with Crippen LogP contribution in [0.5, 0.6) is 0 Å². The Hall–Kier alpha value is -2.91. The summed E-state index contributed by atoms with van der Waals surface area (Å²) in [6, 6.07) is 31.6. The minimum atomic E-state index is -0.489. The first-order valence-electron chi connectivity index (χ1n) is 11.0. The van der Waals surface area contributed by atoms with Gasteiger partial charge in [-0.15, -0.1) is 0 Å². The van der Waals surface area contributed by atoms with Crippen molar-refractivity contribution >= 4 is 5.91 Å². The molecular formula is C27H32N2O. The van der Waals surface area contributed by atoms with Gasteiger partial charge in [-0.05, 0) is 23.1 Å². The monoisotopic (exact) mass is 400 g/mol. The zero-order valence-electron chi connectivity index (χ0n) is 17.8. The van der Waals surface area contributed by atoms with Crippen LogP contribution in [0.1, 0.15) is 49.3 Å². The number of hydrogen-bond donors (Lipinski definition) is 2. The lowest BCUT2D eigenvalue weighted by Crippen LogP contribution is -2.47. The van der Waals surface area contributed by atoms with Gasteiger partial charge in [0, 0.05) is 19.5 Å². The molecule has 3 aromatic carbocycles. The molecule has 0 aliphatic heterocycles. The number of hydrogen-bond acceptors (Lipinski definition) is 2. The fraction of sp³-hybridized carbons (Fsp3) is 0.296. The molecule has 3 rings (SSSR count). The van der Waals surface area contributed by atoms with Gasteiger partial charge in [-0.25, -0.2) is 0 Å². The average molecular weight is 401 g/mol. The molecule has 0 unspecified atom stereocenters. The molecule has 0 aliphatic carbocycles. The summed E-state index contributed by atoms with van der Waals surface area (Å²) in [6.07, 6.45) is 3.79. The van der Waals surface area contributed by atoms with E-state index >= 15 is 0 Å². The van der Waals surface area contributed by atoms with Gasteiger partial charge in [0.2, 0.25) is 5.91 Å². The summed E-state index contributed by atoms with van der Waals surface area (Å²) in [7, 11) is 0. The van der Waals surface area contributed by atoms with Crippen molar-refractivity contribution in [1.82, 2.24) is 10.6 Å². The van der Waals surface area contributed by atoms with E-state index in [1.165, 1.54) is 16.7 Å². The lowest BCUT2D eigenvalue weighted by atomic mass is 9.77. The summed E-state index contributed by atoms with van der Waals surface area (Å²) in [4.78, 5) is 12.1. The molecule has 2 N–H and O–H groups in total. The van der Waals surface area contributed by atoms with Gasteiger partial charge in [-0.3, -0.25) is 10.1 Å². The van der Waals surface area contributed by atoms with Crippen molar-refractivity contribution in [2.75, 3.05) is 13.1 Å². The molecule has 0 spiro atoms. The predicted octanol–water partition coefficient (Wildman–Crippen LogP) is 5.26. The third-order valence-corrected chi connectivity index (χ3v) is 5.47. The van der Waals surface area contributed by atoms with Gasteiger partial charge in [0.05, 0.1) is 5.54 Å². The van der Waals surface area contributed by atoms with Crippen molar-refractivity contribution in [2.24, 2.45) is 0 Å². The van der Waals surface area contributed by atoms with E-state index in [4.69, 9.17) is 0 Å². The smallest absolute Gasteiger partial charge is 0.220 e. The van der Waals surface area contributed by atoms with Crippen molar-refractivity contribution in [1.29, 1.82) is 0 Å². The van der Waals surface area contributed by atoms with Crippen LogP contribution in [0.4, 0.5) is 0 Å². The van der Waals surface area contributed by atoms with Crippen molar-refractivity contribution in [2.45, 2.75) is 38.1 Å². The van der Waals surface area contributed by atoms with Crippen molar-refractivity contribution in [3.05, 3.63) is 108 Å². The largest absolute Gasteiger partial charge is 0.355 e. The summed E-state index contributed by atoms with van der Waals surface area (Å²) in [5, 5.41) is 6.86. The van der Waals surface area contributed by atoms with Crippen LogP contribution in [0.15, 0.2) is 91.0 Å². The molecule has 3 aromatic rings. The maximum atomic E-state index is 12.1. The van der Waals surface area contributed by atoms with Gasteiger partial charge >= 0.3 is 0 Å². The molecule has 3 nitrogen and oxygen atoms in total. The lowest BCUT2D eigenvalue weighted by molar-refractivity contribution is -0.121. The molecular weight excluding hydrogens is 368 g/mol. The first-order valence-corrected chi connectivity index (χ1v) is 11.0. The lowest BCUT2D eigenvalue weighted by Gasteiger charge is -2.37. The third kappa shape index (κ3) is 5.37. The Morgan fingerprint density at radius 3 is 1.60 bits per heavy atom. The van der Waals surface area contributed by atoms with Crippen LogP contribution in [0.2, 0.25) is 0 Å². The molecule has 0 heterocycles. The SMILES string of the molecule is CCCCCC(=O)NCCNC(c1ccccc1)(c1ccccc1)c1ccccc1. The number of carbonyl (C=O) groups is 1. The number of carbonyl (C=O) groups excluding carboxylic acids is 1. The minimum Gasteiger partial charge on any atom is -0.355 e. The molecule has 1 amide bonds. The first kappa shape index (κ1) is 21.8. The van der Waals surface area contributed by atoms with Gasteiger partial charge in [0.25, 0.3) is 0 Å². The van der Waals surface area contributed by atoms with Crippen LogP contribution in [-0.2, 0) is 10.3 Å². The topological polar surface area (TPSA) is 41.1 Å². The zero-order valence-corrected chi connectivity index (χ0v) is 17.8. The maximum Gasteiger partial charge on any atom is 0.220 e. The van der Waals surface area contributed by atoms with Crippen LogP contribution in [0, 0.1) is 0 Å². The number of nitrogens with one attached hydrogen (secondary N) is 2. The summed E-state index contributed by atoms with van der Waals surface area (Å²) in [5.41, 5.74) is 3.04. The van der Waals surface area contributed by atoms with Crippen LogP contribution < -0.4 is 10.6 Å². The maximum absolute atomic E-state index is 12.1. The molecule has 0 aliphatic rings. The number of rotatable bonds is 11. The Balaban J connectivity index is 1.85. The van der Waals surface area contributed by atoms with E-state index in [1.807, 2.05) is 18.2 Å². The van der Waals surface area contributed by atoms with Gasteiger partial charge in [0.15, 0.2) is 0 Å². The van der Waals surface area contributed by atoms with Crippen LogP contribution >= 0.6 is 0 Å². The van der Waals surface area contributed by atoms with Gasteiger partial charge in [0.1, 0.15) is 0 Å². The second kappa shape index (κ2) is 11.3. The normalized spacial score (nSPS) is 11.2. The van der Waals surface area contributed by atoms with E-state index in [9.17, 15) is 4.79 Å². The fourth-order valence-electron chi connectivity index (χ4n) is 3.95. The fourth-order valence-corrected chi connectivity index (χ4v) is 3.95. The number of amides is 1. The Labute approximate surface area is 180 Å². The zero-order chi connectivity index (χ0) is 21.1. The highest BCUT2D eigenvalue weighted by Crippen LogP contribution is 2.36. The number of benzene rings is 3. The summed E-state index contributed by atoms with van der Waals surface area (Å²) in [6.45, 7) is 3.41. The standard InChI is InChI=1S/C27H32N2O/c1-2-3-7-20-26(30)28-21-22-29-27(23-14-8-4-9-15-23,24-16-10-5-11-17-24)25-18-12-6-13-19-25/h4-6,8-19,29H,2-3,7,20-22H2,1H3,(H,28,30). The number of unbranched alkanes of at least 4 members (excludes halogenated alkanes) is 2. The molecule has 0 fully saturated rings. The van der Waals surface area contributed by atoms with Crippen LogP contribution in [0.25, 0.3) is 0 Å². The van der Waals surface area contributed by atoms with Crippen LogP contribution in [0.3, 0.4) is 0 Å². The molecule has 0 saturated carbocycles. The van der Waals surface area contributed by atoms with Crippen molar-refractivity contribution in [3.63, 3.8) is 0 Å². The first-order chi connectivity index (χ1) is 14.8. The highest BCUT2D eigenvalue weighted by molar-refractivity contribution is 5.75. The van der Waals surface area contributed by atoms with Gasteiger partial charge in [-0.1, -0.05) is 111 Å². The molecule has 30 heavy (non-hydrogen) atoms.